The zero-order valence-corrected chi connectivity index (χ0v) is 10.9. The van der Waals surface area contributed by atoms with E-state index >= 15 is 0 Å². The monoisotopic (exact) mass is 268 g/mol. The predicted octanol–water partition coefficient (Wildman–Crippen LogP) is 2.96. The Morgan fingerprint density at radius 3 is 2.60 bits per heavy atom. The largest absolute Gasteiger partial charge is 0.383 e. The summed E-state index contributed by atoms with van der Waals surface area (Å²) in [7, 11) is 0. The lowest BCUT2D eigenvalue weighted by Crippen LogP contribution is -2.01. The summed E-state index contributed by atoms with van der Waals surface area (Å²) < 4.78 is 14.9. The lowest BCUT2D eigenvalue weighted by atomic mass is 10.1. The summed E-state index contributed by atoms with van der Waals surface area (Å²) in [6, 6.07) is 11.0. The van der Waals surface area contributed by atoms with Crippen LogP contribution in [-0.4, -0.2) is 14.8 Å². The number of pyridine rings is 1. The second-order valence-corrected chi connectivity index (χ2v) is 4.50. The van der Waals surface area contributed by atoms with Crippen LogP contribution in [0.1, 0.15) is 5.56 Å². The summed E-state index contributed by atoms with van der Waals surface area (Å²) in [5.41, 5.74) is 9.02. The predicted molar refractivity (Wildman–Crippen MR) is 75.9 cm³/mol. The number of rotatable bonds is 2. The Morgan fingerprint density at radius 1 is 1.15 bits per heavy atom. The summed E-state index contributed by atoms with van der Waals surface area (Å²) >= 11 is 0. The van der Waals surface area contributed by atoms with Crippen molar-refractivity contribution < 1.29 is 4.39 Å². The zero-order valence-electron chi connectivity index (χ0n) is 10.9. The van der Waals surface area contributed by atoms with Gasteiger partial charge in [0.25, 0.3) is 0 Å². The normalized spacial score (nSPS) is 10.7. The molecular formula is C15H13FN4. The van der Waals surface area contributed by atoms with E-state index < -0.39 is 5.82 Å². The highest BCUT2D eigenvalue weighted by atomic mass is 19.1. The molecule has 3 aromatic rings. The van der Waals surface area contributed by atoms with Crippen LogP contribution >= 0.6 is 0 Å². The van der Waals surface area contributed by atoms with Crippen LogP contribution in [0.2, 0.25) is 0 Å². The molecule has 1 aromatic carbocycles. The van der Waals surface area contributed by atoms with Crippen molar-refractivity contribution in [3.63, 3.8) is 0 Å². The Kier molecular flexibility index (Phi) is 2.95. The first-order valence-electron chi connectivity index (χ1n) is 6.18. The maximum Gasteiger partial charge on any atom is 0.142 e. The number of benzene rings is 1. The Labute approximate surface area is 115 Å². The smallest absolute Gasteiger partial charge is 0.142 e. The van der Waals surface area contributed by atoms with E-state index in [4.69, 9.17) is 5.73 Å². The maximum atomic E-state index is 13.3. The molecule has 0 atom stereocenters. The Bertz CT molecular complexity index is 750. The van der Waals surface area contributed by atoms with Gasteiger partial charge in [-0.05, 0) is 25.1 Å². The van der Waals surface area contributed by atoms with Crippen LogP contribution in [0.25, 0.3) is 16.9 Å². The van der Waals surface area contributed by atoms with E-state index in [9.17, 15) is 4.39 Å². The van der Waals surface area contributed by atoms with E-state index in [-0.39, 0.29) is 0 Å². The first-order chi connectivity index (χ1) is 9.66. The lowest BCUT2D eigenvalue weighted by molar-refractivity contribution is 0.622. The van der Waals surface area contributed by atoms with Gasteiger partial charge < -0.3 is 5.73 Å². The fraction of sp³-hybridized carbons (Fsp3) is 0.0667. The van der Waals surface area contributed by atoms with Crippen LogP contribution in [0, 0.1) is 12.7 Å². The topological polar surface area (TPSA) is 56.7 Å². The van der Waals surface area contributed by atoms with Crippen LogP contribution in [0.5, 0.6) is 0 Å². The third-order valence-corrected chi connectivity index (χ3v) is 3.15. The molecule has 0 saturated carbocycles. The van der Waals surface area contributed by atoms with Gasteiger partial charge in [0.2, 0.25) is 0 Å². The van der Waals surface area contributed by atoms with E-state index in [1.54, 1.807) is 10.9 Å². The molecule has 0 bridgehead atoms. The minimum Gasteiger partial charge on any atom is -0.383 e. The van der Waals surface area contributed by atoms with E-state index in [1.165, 1.54) is 6.07 Å². The molecule has 0 radical (unpaired) electrons. The SMILES string of the molecule is Cc1c(-c2cncc(F)c2)nn(-c2ccccc2)c1N. The van der Waals surface area contributed by atoms with E-state index in [0.717, 1.165) is 17.4 Å². The van der Waals surface area contributed by atoms with Crippen LogP contribution in [0.3, 0.4) is 0 Å². The first-order valence-corrected chi connectivity index (χ1v) is 6.18. The van der Waals surface area contributed by atoms with Crippen LogP contribution < -0.4 is 5.73 Å². The van der Waals surface area contributed by atoms with Gasteiger partial charge in [-0.15, -0.1) is 0 Å². The molecule has 20 heavy (non-hydrogen) atoms. The molecule has 0 aliphatic heterocycles. The Morgan fingerprint density at radius 2 is 1.90 bits per heavy atom. The van der Waals surface area contributed by atoms with Gasteiger partial charge in [0.15, 0.2) is 0 Å². The third-order valence-electron chi connectivity index (χ3n) is 3.15. The van der Waals surface area contributed by atoms with Gasteiger partial charge >= 0.3 is 0 Å². The molecule has 2 aromatic heterocycles. The molecule has 0 unspecified atom stereocenters. The summed E-state index contributed by atoms with van der Waals surface area (Å²) in [6.45, 7) is 1.86. The van der Waals surface area contributed by atoms with Gasteiger partial charge in [0.1, 0.15) is 11.6 Å². The number of aromatic nitrogens is 3. The molecule has 5 heteroatoms. The average Bonchev–Trinajstić information content (AvgIpc) is 2.76. The van der Waals surface area contributed by atoms with Crippen molar-refractivity contribution in [3.05, 3.63) is 60.2 Å². The maximum absolute atomic E-state index is 13.3. The van der Waals surface area contributed by atoms with Crippen LogP contribution in [0.4, 0.5) is 10.2 Å². The van der Waals surface area contributed by atoms with Gasteiger partial charge in [-0.1, -0.05) is 18.2 Å². The van der Waals surface area contributed by atoms with Crippen LogP contribution in [0.15, 0.2) is 48.8 Å². The molecule has 0 aliphatic rings. The molecule has 2 heterocycles. The molecular weight excluding hydrogens is 255 g/mol. The fourth-order valence-corrected chi connectivity index (χ4v) is 2.09. The summed E-state index contributed by atoms with van der Waals surface area (Å²) in [5.74, 6) is 0.144. The third kappa shape index (κ3) is 2.03. The van der Waals surface area contributed by atoms with Gasteiger partial charge in [-0.3, -0.25) is 4.98 Å². The molecule has 0 aliphatic carbocycles. The minimum absolute atomic E-state index is 0.394. The number of para-hydroxylation sites is 1. The van der Waals surface area contributed by atoms with Crippen molar-refractivity contribution in [2.45, 2.75) is 6.92 Å². The number of anilines is 1. The molecule has 0 amide bonds. The van der Waals surface area contributed by atoms with E-state index in [1.807, 2.05) is 37.3 Å². The number of nitrogens with zero attached hydrogens (tertiary/aromatic N) is 3. The standard InChI is InChI=1S/C15H13FN4/c1-10-14(11-7-12(16)9-18-8-11)19-20(15(10)17)13-5-3-2-4-6-13/h2-9H,17H2,1H3. The second kappa shape index (κ2) is 4.77. The second-order valence-electron chi connectivity index (χ2n) is 4.50. The van der Waals surface area contributed by atoms with Gasteiger partial charge in [0.05, 0.1) is 17.6 Å². The number of nitrogens with two attached hydrogens (primary N) is 1. The molecule has 2 N–H and O–H groups in total. The molecule has 3 rings (SSSR count). The van der Waals surface area contributed by atoms with Crippen LogP contribution in [-0.2, 0) is 0 Å². The Hall–Kier alpha value is -2.69. The number of halogens is 1. The summed E-state index contributed by atoms with van der Waals surface area (Å²) in [5, 5.41) is 4.48. The fourth-order valence-electron chi connectivity index (χ4n) is 2.09. The van der Waals surface area contributed by atoms with E-state index in [0.29, 0.717) is 17.1 Å². The van der Waals surface area contributed by atoms with Crippen molar-refractivity contribution in [3.8, 4) is 16.9 Å². The Balaban J connectivity index is 2.16. The molecule has 0 spiro atoms. The van der Waals surface area contributed by atoms with Gasteiger partial charge in [0, 0.05) is 17.3 Å². The number of nitrogen functional groups attached to an aromatic ring is 1. The van der Waals surface area contributed by atoms with Crippen molar-refractivity contribution in [1.29, 1.82) is 0 Å². The highest BCUT2D eigenvalue weighted by molar-refractivity contribution is 5.68. The lowest BCUT2D eigenvalue weighted by Gasteiger charge is -2.02. The number of hydrogen-bond donors (Lipinski definition) is 1. The van der Waals surface area contributed by atoms with Crippen molar-refractivity contribution in [1.82, 2.24) is 14.8 Å². The molecule has 4 nitrogen and oxygen atoms in total. The average molecular weight is 268 g/mol. The molecule has 0 fully saturated rings. The van der Waals surface area contributed by atoms with Gasteiger partial charge in [-0.2, -0.15) is 5.10 Å². The highest BCUT2D eigenvalue weighted by Crippen LogP contribution is 2.28. The summed E-state index contributed by atoms with van der Waals surface area (Å²) in [6.07, 6.45) is 2.74. The zero-order chi connectivity index (χ0) is 14.1. The number of hydrogen-bond acceptors (Lipinski definition) is 3. The minimum atomic E-state index is -0.394. The molecule has 100 valence electrons. The van der Waals surface area contributed by atoms with Crippen molar-refractivity contribution >= 4 is 5.82 Å². The van der Waals surface area contributed by atoms with Crippen molar-refractivity contribution in [2.75, 3.05) is 5.73 Å². The summed E-state index contributed by atoms with van der Waals surface area (Å²) in [4.78, 5) is 3.85. The highest BCUT2D eigenvalue weighted by Gasteiger charge is 2.15. The quantitative estimate of drug-likeness (QED) is 0.777. The van der Waals surface area contributed by atoms with Crippen molar-refractivity contribution in [2.24, 2.45) is 0 Å². The van der Waals surface area contributed by atoms with E-state index in [2.05, 4.69) is 10.1 Å². The first kappa shape index (κ1) is 12.3. The van der Waals surface area contributed by atoms with Gasteiger partial charge in [-0.25, -0.2) is 9.07 Å². The molecule has 0 saturated heterocycles.